The van der Waals surface area contributed by atoms with E-state index in [9.17, 15) is 8.78 Å². The standard InChI is InChI=1S/C20H20F2N4O2S/c1-3-12-28-17-8-4-14(5-9-17)13-23-26-18(24-25-20(26)29-19(21)22)15-6-10-16(27-2)11-7-15/h4-11,13,19H,3,12H2,1-2H3/b23-13-. The van der Waals surface area contributed by atoms with E-state index in [0.717, 1.165) is 17.7 Å². The number of nitrogens with zero attached hydrogens (tertiary/aromatic N) is 4. The molecule has 0 bridgehead atoms. The molecule has 1 heterocycles. The van der Waals surface area contributed by atoms with Crippen molar-refractivity contribution in [3.05, 3.63) is 54.1 Å². The molecule has 2 aromatic carbocycles. The lowest BCUT2D eigenvalue weighted by Crippen LogP contribution is -1.99. The number of aromatic nitrogens is 3. The Morgan fingerprint density at radius 1 is 1.07 bits per heavy atom. The topological polar surface area (TPSA) is 61.5 Å². The predicted octanol–water partition coefficient (Wildman–Crippen LogP) is 4.94. The van der Waals surface area contributed by atoms with Crippen LogP contribution in [0.4, 0.5) is 8.78 Å². The third-order valence-electron chi connectivity index (χ3n) is 3.83. The first-order valence-corrected chi connectivity index (χ1v) is 9.80. The molecule has 1 aromatic heterocycles. The van der Waals surface area contributed by atoms with E-state index in [2.05, 4.69) is 15.3 Å². The molecule has 0 fully saturated rings. The van der Waals surface area contributed by atoms with Gasteiger partial charge in [-0.1, -0.05) is 6.92 Å². The Hall–Kier alpha value is -2.94. The van der Waals surface area contributed by atoms with Gasteiger partial charge in [-0.25, -0.2) is 0 Å². The number of thioether (sulfide) groups is 1. The Bertz CT molecular complexity index is 944. The highest BCUT2D eigenvalue weighted by Gasteiger charge is 2.18. The van der Waals surface area contributed by atoms with Gasteiger partial charge in [-0.05, 0) is 72.3 Å². The summed E-state index contributed by atoms with van der Waals surface area (Å²) in [6.07, 6.45) is 2.49. The maximum absolute atomic E-state index is 12.9. The summed E-state index contributed by atoms with van der Waals surface area (Å²) >= 11 is 0.292. The minimum atomic E-state index is -2.63. The summed E-state index contributed by atoms with van der Waals surface area (Å²) in [6, 6.07) is 14.4. The molecule has 0 aliphatic carbocycles. The van der Waals surface area contributed by atoms with E-state index >= 15 is 0 Å². The molecule has 0 aliphatic rings. The highest BCUT2D eigenvalue weighted by molar-refractivity contribution is 7.99. The molecule has 3 aromatic rings. The van der Waals surface area contributed by atoms with Gasteiger partial charge in [-0.3, -0.25) is 0 Å². The second-order valence-corrected chi connectivity index (χ2v) is 6.84. The van der Waals surface area contributed by atoms with Crippen molar-refractivity contribution in [2.75, 3.05) is 13.7 Å². The molecule has 0 amide bonds. The predicted molar refractivity (Wildman–Crippen MR) is 109 cm³/mol. The van der Waals surface area contributed by atoms with Gasteiger partial charge in [-0.2, -0.15) is 18.6 Å². The first kappa shape index (κ1) is 20.8. The van der Waals surface area contributed by atoms with Gasteiger partial charge in [-0.15, -0.1) is 10.2 Å². The second kappa shape index (κ2) is 10.0. The summed E-state index contributed by atoms with van der Waals surface area (Å²) < 4.78 is 37.8. The van der Waals surface area contributed by atoms with E-state index in [1.54, 1.807) is 37.6 Å². The third-order valence-corrected chi connectivity index (χ3v) is 4.47. The van der Waals surface area contributed by atoms with Crippen molar-refractivity contribution in [3.63, 3.8) is 0 Å². The molecule has 29 heavy (non-hydrogen) atoms. The zero-order valence-electron chi connectivity index (χ0n) is 16.0. The van der Waals surface area contributed by atoms with Crippen LogP contribution in [0.2, 0.25) is 0 Å². The van der Waals surface area contributed by atoms with Crippen molar-refractivity contribution < 1.29 is 18.3 Å². The summed E-state index contributed by atoms with van der Waals surface area (Å²) in [7, 11) is 1.57. The fourth-order valence-corrected chi connectivity index (χ4v) is 2.92. The Kier molecular flexibility index (Phi) is 7.18. The highest BCUT2D eigenvalue weighted by atomic mass is 32.2. The quantitative estimate of drug-likeness (QED) is 0.364. The van der Waals surface area contributed by atoms with E-state index in [-0.39, 0.29) is 5.16 Å². The van der Waals surface area contributed by atoms with Crippen molar-refractivity contribution in [1.82, 2.24) is 14.9 Å². The lowest BCUT2D eigenvalue weighted by Gasteiger charge is -2.06. The molecule has 0 radical (unpaired) electrons. The van der Waals surface area contributed by atoms with Gasteiger partial charge in [0, 0.05) is 5.56 Å². The van der Waals surface area contributed by atoms with E-state index in [0.29, 0.717) is 35.5 Å². The van der Waals surface area contributed by atoms with E-state index in [1.165, 1.54) is 4.68 Å². The van der Waals surface area contributed by atoms with E-state index < -0.39 is 5.76 Å². The van der Waals surface area contributed by atoms with Crippen LogP contribution in [0, 0.1) is 0 Å². The van der Waals surface area contributed by atoms with Crippen LogP contribution in [0.5, 0.6) is 11.5 Å². The fourth-order valence-electron chi connectivity index (χ4n) is 2.44. The zero-order valence-corrected chi connectivity index (χ0v) is 16.8. The maximum Gasteiger partial charge on any atom is 0.291 e. The van der Waals surface area contributed by atoms with Gasteiger partial charge < -0.3 is 9.47 Å². The van der Waals surface area contributed by atoms with Gasteiger partial charge in [0.15, 0.2) is 5.82 Å². The Morgan fingerprint density at radius 2 is 1.76 bits per heavy atom. The summed E-state index contributed by atoms with van der Waals surface area (Å²) in [4.78, 5) is 0. The molecule has 0 unspecified atom stereocenters. The van der Waals surface area contributed by atoms with Crippen LogP contribution in [0.25, 0.3) is 11.4 Å². The first-order chi connectivity index (χ1) is 14.1. The van der Waals surface area contributed by atoms with Gasteiger partial charge in [0.05, 0.1) is 19.9 Å². The van der Waals surface area contributed by atoms with Gasteiger partial charge >= 0.3 is 0 Å². The summed E-state index contributed by atoms with van der Waals surface area (Å²) in [5.74, 6) is -0.834. The van der Waals surface area contributed by atoms with Crippen molar-refractivity contribution in [2.24, 2.45) is 5.10 Å². The minimum absolute atomic E-state index is 0.00460. The lowest BCUT2D eigenvalue weighted by atomic mass is 10.2. The number of hydrogen-bond acceptors (Lipinski definition) is 6. The number of alkyl halides is 2. The molecule has 0 N–H and O–H groups in total. The number of ether oxygens (including phenoxy) is 2. The van der Waals surface area contributed by atoms with Crippen molar-refractivity contribution >= 4 is 18.0 Å². The zero-order chi connectivity index (χ0) is 20.6. The number of hydrogen-bond donors (Lipinski definition) is 0. The summed E-state index contributed by atoms with van der Waals surface area (Å²) in [6.45, 7) is 2.68. The minimum Gasteiger partial charge on any atom is -0.497 e. The number of rotatable bonds is 9. The molecule has 152 valence electrons. The van der Waals surface area contributed by atoms with Crippen LogP contribution in [-0.2, 0) is 0 Å². The molecule has 9 heteroatoms. The molecular weight excluding hydrogens is 398 g/mol. The van der Waals surface area contributed by atoms with Crippen LogP contribution in [-0.4, -0.2) is 40.6 Å². The number of halogens is 2. The average molecular weight is 418 g/mol. The van der Waals surface area contributed by atoms with Crippen LogP contribution in [0.1, 0.15) is 18.9 Å². The molecule has 0 saturated carbocycles. The van der Waals surface area contributed by atoms with Crippen LogP contribution in [0.15, 0.2) is 58.8 Å². The largest absolute Gasteiger partial charge is 0.497 e. The number of methoxy groups -OCH3 is 1. The molecule has 6 nitrogen and oxygen atoms in total. The fraction of sp³-hybridized carbons (Fsp3) is 0.250. The third kappa shape index (κ3) is 5.54. The highest BCUT2D eigenvalue weighted by Crippen LogP contribution is 2.28. The Balaban J connectivity index is 1.89. The van der Waals surface area contributed by atoms with Crippen LogP contribution < -0.4 is 9.47 Å². The summed E-state index contributed by atoms with van der Waals surface area (Å²) in [5.41, 5.74) is 1.47. The molecule has 0 aliphatic heterocycles. The molecule has 0 atom stereocenters. The van der Waals surface area contributed by atoms with E-state index in [1.807, 2.05) is 31.2 Å². The van der Waals surface area contributed by atoms with E-state index in [4.69, 9.17) is 9.47 Å². The van der Waals surface area contributed by atoms with Gasteiger partial charge in [0.25, 0.3) is 5.76 Å². The van der Waals surface area contributed by atoms with Crippen molar-refractivity contribution in [3.8, 4) is 22.9 Å². The van der Waals surface area contributed by atoms with Crippen molar-refractivity contribution in [1.29, 1.82) is 0 Å². The maximum atomic E-state index is 12.9. The average Bonchev–Trinajstić information content (AvgIpc) is 3.13. The normalized spacial score (nSPS) is 11.3. The van der Waals surface area contributed by atoms with Gasteiger partial charge in [0.1, 0.15) is 11.5 Å². The summed E-state index contributed by atoms with van der Waals surface area (Å²) in [5, 5.41) is 12.3. The van der Waals surface area contributed by atoms with Gasteiger partial charge in [0.2, 0.25) is 5.16 Å². The monoisotopic (exact) mass is 418 g/mol. The molecular formula is C20H20F2N4O2S. The number of benzene rings is 2. The van der Waals surface area contributed by atoms with Crippen LogP contribution >= 0.6 is 11.8 Å². The second-order valence-electron chi connectivity index (χ2n) is 5.89. The smallest absolute Gasteiger partial charge is 0.291 e. The van der Waals surface area contributed by atoms with Crippen LogP contribution in [0.3, 0.4) is 0 Å². The molecule has 0 saturated heterocycles. The Morgan fingerprint density at radius 3 is 2.38 bits per heavy atom. The first-order valence-electron chi connectivity index (χ1n) is 8.92. The molecule has 0 spiro atoms. The SMILES string of the molecule is CCCOc1ccc(/C=N\n2c(SC(F)F)nnc2-c2ccc(OC)cc2)cc1. The lowest BCUT2D eigenvalue weighted by molar-refractivity contribution is 0.251. The molecule has 3 rings (SSSR count). The van der Waals surface area contributed by atoms with Crippen molar-refractivity contribution in [2.45, 2.75) is 24.3 Å². The Labute approximate surface area is 171 Å².